The summed E-state index contributed by atoms with van der Waals surface area (Å²) < 4.78 is 40.4. The van der Waals surface area contributed by atoms with Crippen molar-refractivity contribution in [2.24, 2.45) is 0 Å². The van der Waals surface area contributed by atoms with Gasteiger partial charge in [0.05, 0.1) is 0 Å². The number of sulfonamides is 1. The number of halogens is 1. The van der Waals surface area contributed by atoms with Gasteiger partial charge in [0.25, 0.3) is 0 Å². The average Bonchev–Trinajstić information content (AvgIpc) is 2.42. The van der Waals surface area contributed by atoms with E-state index in [1.54, 1.807) is 13.8 Å². The molecule has 8 heteroatoms. The monoisotopic (exact) mass is 315 g/mol. The van der Waals surface area contributed by atoms with Crippen LogP contribution < -0.4 is 11.1 Å². The molecule has 1 aromatic rings. The summed E-state index contributed by atoms with van der Waals surface area (Å²) in [5.41, 5.74) is 6.35. The number of nitrogens with two attached hydrogens (primary N) is 1. The smallest absolute Gasteiger partial charge is 0.246 e. The molecule has 0 radical (unpaired) electrons. The van der Waals surface area contributed by atoms with Crippen molar-refractivity contribution >= 4 is 21.6 Å². The largest absolute Gasteiger partial charge is 0.398 e. The number of nitrogens with one attached hydrogen (secondary N) is 1. The minimum absolute atomic E-state index is 0.111. The van der Waals surface area contributed by atoms with Crippen LogP contribution in [-0.2, 0) is 14.8 Å². The molecule has 1 atom stereocenters. The Morgan fingerprint density at radius 2 is 2.14 bits per heavy atom. The quantitative estimate of drug-likeness (QED) is 0.800. The van der Waals surface area contributed by atoms with Crippen molar-refractivity contribution in [1.82, 2.24) is 9.62 Å². The van der Waals surface area contributed by atoms with Crippen LogP contribution in [0.5, 0.6) is 0 Å². The van der Waals surface area contributed by atoms with Gasteiger partial charge >= 0.3 is 0 Å². The highest BCUT2D eigenvalue weighted by Crippen LogP contribution is 2.27. The number of carbonyl (C=O) groups excluding carboxylic acids is 1. The van der Waals surface area contributed by atoms with E-state index in [0.29, 0.717) is 12.0 Å². The second-order valence-corrected chi connectivity index (χ2v) is 6.83. The Hall–Kier alpha value is -1.67. The summed E-state index contributed by atoms with van der Waals surface area (Å²) in [7, 11) is -4.11. The van der Waals surface area contributed by atoms with E-state index in [9.17, 15) is 17.6 Å². The lowest BCUT2D eigenvalue weighted by Gasteiger charge is -2.33. The first kappa shape index (κ1) is 15.7. The summed E-state index contributed by atoms with van der Waals surface area (Å²) in [6.45, 7) is 3.62. The molecular weight excluding hydrogens is 297 g/mol. The van der Waals surface area contributed by atoms with Crippen LogP contribution in [0.1, 0.15) is 18.9 Å². The van der Waals surface area contributed by atoms with Gasteiger partial charge in [-0.25, -0.2) is 12.8 Å². The molecule has 116 valence electrons. The Morgan fingerprint density at radius 1 is 1.48 bits per heavy atom. The van der Waals surface area contributed by atoms with Crippen molar-refractivity contribution in [3.63, 3.8) is 0 Å². The fraction of sp³-hybridized carbons (Fsp3) is 0.462. The van der Waals surface area contributed by atoms with Gasteiger partial charge < -0.3 is 11.1 Å². The van der Waals surface area contributed by atoms with Crippen molar-refractivity contribution in [3.05, 3.63) is 23.5 Å². The minimum atomic E-state index is -4.11. The third-order valence-corrected chi connectivity index (χ3v) is 5.50. The molecule has 1 aliphatic rings. The number of piperazine rings is 1. The third kappa shape index (κ3) is 2.73. The number of hydrogen-bond donors (Lipinski definition) is 2. The number of hydrogen-bond acceptors (Lipinski definition) is 4. The first-order valence-electron chi connectivity index (χ1n) is 6.64. The molecular formula is C13H18FN3O3S. The molecule has 2 rings (SSSR count). The zero-order valence-electron chi connectivity index (χ0n) is 11.9. The van der Waals surface area contributed by atoms with E-state index in [2.05, 4.69) is 5.32 Å². The molecule has 1 saturated heterocycles. The first-order chi connectivity index (χ1) is 9.78. The van der Waals surface area contributed by atoms with Crippen LogP contribution in [0.4, 0.5) is 10.1 Å². The van der Waals surface area contributed by atoms with E-state index < -0.39 is 26.8 Å². The molecule has 1 aliphatic heterocycles. The van der Waals surface area contributed by atoms with E-state index in [-0.39, 0.29) is 24.7 Å². The van der Waals surface area contributed by atoms with Crippen LogP contribution in [0.3, 0.4) is 0 Å². The van der Waals surface area contributed by atoms with Gasteiger partial charge in [0.1, 0.15) is 16.8 Å². The van der Waals surface area contributed by atoms with E-state index in [1.165, 1.54) is 0 Å². The maximum atomic E-state index is 14.0. The van der Waals surface area contributed by atoms with Crippen molar-refractivity contribution in [1.29, 1.82) is 0 Å². The van der Waals surface area contributed by atoms with Gasteiger partial charge in [0.2, 0.25) is 15.9 Å². The Kier molecular flexibility index (Phi) is 4.20. The lowest BCUT2D eigenvalue weighted by molar-refractivity contribution is -0.126. The molecule has 6 nitrogen and oxygen atoms in total. The zero-order chi connectivity index (χ0) is 15.8. The predicted molar refractivity (Wildman–Crippen MR) is 76.5 cm³/mol. The molecule has 0 spiro atoms. The minimum Gasteiger partial charge on any atom is -0.398 e. The number of rotatable bonds is 3. The van der Waals surface area contributed by atoms with Crippen LogP contribution >= 0.6 is 0 Å². The number of aryl methyl sites for hydroxylation is 1. The third-order valence-electron chi connectivity index (χ3n) is 3.58. The predicted octanol–water partition coefficient (Wildman–Crippen LogP) is 0.615. The van der Waals surface area contributed by atoms with E-state index in [4.69, 9.17) is 5.73 Å². The van der Waals surface area contributed by atoms with Gasteiger partial charge in [-0.05, 0) is 31.0 Å². The Bertz CT molecular complexity index is 675. The number of benzene rings is 1. The fourth-order valence-electron chi connectivity index (χ4n) is 2.36. The second kappa shape index (κ2) is 5.61. The lowest BCUT2D eigenvalue weighted by atomic mass is 10.2. The van der Waals surface area contributed by atoms with Crippen molar-refractivity contribution in [3.8, 4) is 0 Å². The highest BCUT2D eigenvalue weighted by Gasteiger charge is 2.38. The first-order valence-corrected chi connectivity index (χ1v) is 8.08. The van der Waals surface area contributed by atoms with Gasteiger partial charge in [0.15, 0.2) is 0 Å². The normalized spacial score (nSPS) is 20.3. The van der Waals surface area contributed by atoms with Crippen molar-refractivity contribution in [2.45, 2.75) is 31.2 Å². The van der Waals surface area contributed by atoms with Gasteiger partial charge in [0, 0.05) is 18.8 Å². The fourth-order valence-corrected chi connectivity index (χ4v) is 4.11. The summed E-state index contributed by atoms with van der Waals surface area (Å²) in [5.74, 6) is -1.23. The van der Waals surface area contributed by atoms with Gasteiger partial charge in [-0.15, -0.1) is 0 Å². The molecule has 1 heterocycles. The van der Waals surface area contributed by atoms with Crippen LogP contribution in [0.25, 0.3) is 0 Å². The van der Waals surface area contributed by atoms with Crippen LogP contribution in [0.15, 0.2) is 17.0 Å². The molecule has 1 aromatic carbocycles. The molecule has 1 amide bonds. The highest BCUT2D eigenvalue weighted by molar-refractivity contribution is 7.89. The maximum absolute atomic E-state index is 14.0. The molecule has 21 heavy (non-hydrogen) atoms. The summed E-state index contributed by atoms with van der Waals surface area (Å²) in [5, 5.41) is 2.61. The van der Waals surface area contributed by atoms with Crippen LogP contribution in [0.2, 0.25) is 0 Å². The SMILES string of the molecule is CCC1C(=O)NCCN1S(=O)(=O)c1cc(N)c(C)cc1F. The molecule has 1 fully saturated rings. The highest BCUT2D eigenvalue weighted by atomic mass is 32.2. The average molecular weight is 315 g/mol. The standard InChI is InChI=1S/C13H18FN3O3S/c1-3-11-13(18)16-4-5-17(11)21(19,20)12-7-10(15)8(2)6-9(12)14/h6-7,11H,3-5,15H2,1-2H3,(H,16,18). The number of amides is 1. The number of anilines is 1. The summed E-state index contributed by atoms with van der Waals surface area (Å²) in [6, 6.07) is 1.37. The van der Waals surface area contributed by atoms with E-state index in [1.807, 2.05) is 0 Å². The Balaban J connectivity index is 2.51. The van der Waals surface area contributed by atoms with Crippen LogP contribution in [-0.4, -0.2) is 37.8 Å². The number of carbonyl (C=O) groups is 1. The van der Waals surface area contributed by atoms with Crippen molar-refractivity contribution < 1.29 is 17.6 Å². The molecule has 1 unspecified atom stereocenters. The topological polar surface area (TPSA) is 92.5 Å². The van der Waals surface area contributed by atoms with Gasteiger partial charge in [-0.1, -0.05) is 6.92 Å². The number of nitrogen functional groups attached to an aromatic ring is 1. The van der Waals surface area contributed by atoms with Gasteiger partial charge in [-0.3, -0.25) is 4.79 Å². The lowest BCUT2D eigenvalue weighted by Crippen LogP contribution is -2.56. The van der Waals surface area contributed by atoms with E-state index in [0.717, 1.165) is 16.4 Å². The van der Waals surface area contributed by atoms with Crippen molar-refractivity contribution in [2.75, 3.05) is 18.8 Å². The zero-order valence-corrected chi connectivity index (χ0v) is 12.7. The van der Waals surface area contributed by atoms with Gasteiger partial charge in [-0.2, -0.15) is 4.31 Å². The van der Waals surface area contributed by atoms with Crippen LogP contribution in [0, 0.1) is 12.7 Å². The second-order valence-electron chi connectivity index (χ2n) is 4.97. The molecule has 0 saturated carbocycles. The molecule has 0 bridgehead atoms. The number of nitrogens with zero attached hydrogens (tertiary/aromatic N) is 1. The summed E-state index contributed by atoms with van der Waals surface area (Å²) >= 11 is 0. The molecule has 3 N–H and O–H groups in total. The molecule has 0 aliphatic carbocycles. The Morgan fingerprint density at radius 3 is 2.76 bits per heavy atom. The summed E-state index contributed by atoms with van der Waals surface area (Å²) in [4.78, 5) is 11.3. The van der Waals surface area contributed by atoms with E-state index >= 15 is 0 Å². The Labute approximate surface area is 123 Å². The summed E-state index contributed by atoms with van der Waals surface area (Å²) in [6.07, 6.45) is 0.314. The maximum Gasteiger partial charge on any atom is 0.246 e. The molecule has 0 aromatic heterocycles.